The van der Waals surface area contributed by atoms with Gasteiger partial charge < -0.3 is 14.7 Å². The van der Waals surface area contributed by atoms with E-state index in [1.807, 2.05) is 24.9 Å². The van der Waals surface area contributed by atoms with Crippen LogP contribution in [0.2, 0.25) is 5.02 Å². The number of benzene rings is 2. The molecule has 1 saturated heterocycles. The fraction of sp³-hybridized carbons (Fsp3) is 0.185. The van der Waals surface area contributed by atoms with Crippen LogP contribution in [0.25, 0.3) is 16.0 Å². The standard InChI is InChI=1S/C27H21ClN4O4S/c1-14-10-21-18(12-17(14)28)30-27(37-21)32-23(16-4-3-7-29-13-16)22(25(34)26(32)35)24(33)15-5-6-20-19(11-15)31(2)8-9-36-20/h3-7,10-13,23,33H,8-9H2,1-2H3/b24-22+. The van der Waals surface area contributed by atoms with Crippen molar-refractivity contribution >= 4 is 61.4 Å². The van der Waals surface area contributed by atoms with Crippen LogP contribution in [-0.2, 0) is 9.59 Å². The molecule has 186 valence electrons. The molecule has 2 aliphatic rings. The molecule has 37 heavy (non-hydrogen) atoms. The lowest BCUT2D eigenvalue weighted by Crippen LogP contribution is -2.29. The van der Waals surface area contributed by atoms with E-state index in [0.29, 0.717) is 45.7 Å². The molecule has 2 aliphatic heterocycles. The summed E-state index contributed by atoms with van der Waals surface area (Å²) >= 11 is 7.58. The molecule has 10 heteroatoms. The summed E-state index contributed by atoms with van der Waals surface area (Å²) in [6.07, 6.45) is 3.19. The summed E-state index contributed by atoms with van der Waals surface area (Å²) < 4.78 is 6.54. The molecule has 0 saturated carbocycles. The number of aliphatic hydroxyl groups is 1. The van der Waals surface area contributed by atoms with Gasteiger partial charge in [0, 0.05) is 30.0 Å². The summed E-state index contributed by atoms with van der Waals surface area (Å²) in [4.78, 5) is 39.1. The van der Waals surface area contributed by atoms with Gasteiger partial charge in [-0.15, -0.1) is 0 Å². The van der Waals surface area contributed by atoms with Crippen LogP contribution in [0.5, 0.6) is 5.75 Å². The lowest BCUT2D eigenvalue weighted by atomic mass is 9.96. The molecule has 0 radical (unpaired) electrons. The SMILES string of the molecule is Cc1cc2sc(N3C(=O)C(=O)/C(=C(/O)c4ccc5c(c4)N(C)CCO5)C3c3cccnc3)nc2cc1Cl. The Bertz CT molecular complexity index is 1580. The van der Waals surface area contributed by atoms with Gasteiger partial charge in [-0.25, -0.2) is 4.98 Å². The molecule has 8 nitrogen and oxygen atoms in total. The number of pyridine rings is 1. The van der Waals surface area contributed by atoms with Crippen LogP contribution >= 0.6 is 22.9 Å². The van der Waals surface area contributed by atoms with Gasteiger partial charge in [0.15, 0.2) is 5.13 Å². The fourth-order valence-corrected chi connectivity index (χ4v) is 5.91. The Hall–Kier alpha value is -3.95. The maximum absolute atomic E-state index is 13.5. The number of anilines is 2. The number of aryl methyl sites for hydroxylation is 1. The van der Waals surface area contributed by atoms with Crippen molar-refractivity contribution in [3.8, 4) is 5.75 Å². The van der Waals surface area contributed by atoms with Gasteiger partial charge in [-0.1, -0.05) is 29.0 Å². The minimum absolute atomic E-state index is 0.0224. The van der Waals surface area contributed by atoms with Crippen LogP contribution < -0.4 is 14.5 Å². The van der Waals surface area contributed by atoms with Crippen molar-refractivity contribution in [2.45, 2.75) is 13.0 Å². The number of carbonyl (C=O) groups is 2. The van der Waals surface area contributed by atoms with Crippen LogP contribution in [0.4, 0.5) is 10.8 Å². The first-order valence-corrected chi connectivity index (χ1v) is 12.8. The van der Waals surface area contributed by atoms with Gasteiger partial charge in [0.05, 0.1) is 34.1 Å². The number of ether oxygens (including phenoxy) is 1. The van der Waals surface area contributed by atoms with Gasteiger partial charge in [-0.2, -0.15) is 0 Å². The molecule has 0 aliphatic carbocycles. The van der Waals surface area contributed by atoms with Gasteiger partial charge in [0.2, 0.25) is 0 Å². The van der Waals surface area contributed by atoms with Gasteiger partial charge in [0.25, 0.3) is 5.78 Å². The Kier molecular flexibility index (Phi) is 5.62. The van der Waals surface area contributed by atoms with E-state index in [2.05, 4.69) is 9.97 Å². The second kappa shape index (κ2) is 8.86. The van der Waals surface area contributed by atoms with E-state index in [4.69, 9.17) is 16.3 Å². The predicted molar refractivity (Wildman–Crippen MR) is 144 cm³/mol. The average Bonchev–Trinajstić information content (AvgIpc) is 3.41. The Morgan fingerprint density at radius 1 is 1.22 bits per heavy atom. The van der Waals surface area contributed by atoms with Crippen LogP contribution in [0.3, 0.4) is 0 Å². The minimum atomic E-state index is -0.907. The first-order chi connectivity index (χ1) is 17.8. The number of rotatable bonds is 3. The third-order valence-electron chi connectivity index (χ3n) is 6.64. The number of amides is 1. The third kappa shape index (κ3) is 3.82. The van der Waals surface area contributed by atoms with Crippen LogP contribution in [0.15, 0.2) is 60.4 Å². The highest BCUT2D eigenvalue weighted by molar-refractivity contribution is 7.22. The lowest BCUT2D eigenvalue weighted by molar-refractivity contribution is -0.132. The monoisotopic (exact) mass is 532 g/mol. The van der Waals surface area contributed by atoms with Crippen molar-refractivity contribution in [3.05, 3.63) is 82.1 Å². The third-order valence-corrected chi connectivity index (χ3v) is 8.06. The molecular weight excluding hydrogens is 512 g/mol. The second-order valence-corrected chi connectivity index (χ2v) is 10.4. The molecule has 0 spiro atoms. The molecule has 1 amide bonds. The van der Waals surface area contributed by atoms with E-state index >= 15 is 0 Å². The number of likely N-dealkylation sites (N-methyl/N-ethyl adjacent to an activating group) is 1. The number of thiazole rings is 1. The van der Waals surface area contributed by atoms with Crippen molar-refractivity contribution < 1.29 is 19.4 Å². The van der Waals surface area contributed by atoms with Crippen LogP contribution in [0, 0.1) is 6.92 Å². The molecular formula is C27H21ClN4O4S. The predicted octanol–water partition coefficient (Wildman–Crippen LogP) is 5.11. The van der Waals surface area contributed by atoms with E-state index in [1.54, 1.807) is 48.8 Å². The van der Waals surface area contributed by atoms with Crippen LogP contribution in [-0.4, -0.2) is 47.0 Å². The first kappa shape index (κ1) is 23.4. The van der Waals surface area contributed by atoms with Gasteiger partial charge in [-0.05, 0) is 54.4 Å². The number of aromatic nitrogens is 2. The van der Waals surface area contributed by atoms with E-state index in [0.717, 1.165) is 16.0 Å². The number of nitrogens with zero attached hydrogens (tertiary/aromatic N) is 4. The minimum Gasteiger partial charge on any atom is -0.507 e. The molecule has 6 rings (SSSR count). The average molecular weight is 533 g/mol. The molecule has 2 aromatic carbocycles. The number of hydrogen-bond acceptors (Lipinski definition) is 8. The summed E-state index contributed by atoms with van der Waals surface area (Å²) in [6.45, 7) is 3.15. The van der Waals surface area contributed by atoms with Crippen LogP contribution in [0.1, 0.15) is 22.7 Å². The van der Waals surface area contributed by atoms with E-state index in [-0.39, 0.29) is 11.3 Å². The van der Waals surface area contributed by atoms with Crippen molar-refractivity contribution in [2.24, 2.45) is 0 Å². The molecule has 0 bridgehead atoms. The molecule has 1 fully saturated rings. The largest absolute Gasteiger partial charge is 0.507 e. The van der Waals surface area contributed by atoms with Crippen molar-refractivity contribution in [3.63, 3.8) is 0 Å². The number of ketones is 1. The lowest BCUT2D eigenvalue weighted by Gasteiger charge is -2.28. The highest BCUT2D eigenvalue weighted by Crippen LogP contribution is 2.45. The van der Waals surface area contributed by atoms with Gasteiger partial charge >= 0.3 is 5.91 Å². The number of hydrogen-bond donors (Lipinski definition) is 1. The zero-order chi connectivity index (χ0) is 25.8. The molecule has 2 aromatic heterocycles. The Morgan fingerprint density at radius 2 is 2.05 bits per heavy atom. The fourth-order valence-electron chi connectivity index (χ4n) is 4.68. The van der Waals surface area contributed by atoms with Crippen molar-refractivity contribution in [1.29, 1.82) is 0 Å². The number of fused-ring (bicyclic) bond motifs is 2. The number of aliphatic hydroxyl groups excluding tert-OH is 1. The molecule has 4 aromatic rings. The van der Waals surface area contributed by atoms with Gasteiger partial charge in [-0.3, -0.25) is 19.5 Å². The topological polar surface area (TPSA) is 95.9 Å². The summed E-state index contributed by atoms with van der Waals surface area (Å²) in [7, 11) is 1.93. The Morgan fingerprint density at radius 3 is 2.84 bits per heavy atom. The maximum Gasteiger partial charge on any atom is 0.301 e. The zero-order valence-electron chi connectivity index (χ0n) is 19.9. The molecule has 1 unspecified atom stereocenters. The highest BCUT2D eigenvalue weighted by Gasteiger charge is 2.48. The first-order valence-electron chi connectivity index (χ1n) is 11.6. The number of carbonyl (C=O) groups excluding carboxylic acids is 2. The highest BCUT2D eigenvalue weighted by atomic mass is 35.5. The summed E-state index contributed by atoms with van der Waals surface area (Å²) in [6, 6.07) is 11.4. The van der Waals surface area contributed by atoms with Gasteiger partial charge in [0.1, 0.15) is 18.1 Å². The number of Topliss-reactive ketones (excluding diaryl/α,β-unsaturated/α-hetero) is 1. The summed E-state index contributed by atoms with van der Waals surface area (Å²) in [5.74, 6) is -1.13. The van der Waals surface area contributed by atoms with E-state index < -0.39 is 17.7 Å². The normalized spacial score (nSPS) is 18.8. The number of halogens is 1. The smallest absolute Gasteiger partial charge is 0.301 e. The maximum atomic E-state index is 13.5. The second-order valence-electron chi connectivity index (χ2n) is 8.97. The Balaban J connectivity index is 1.53. The van der Waals surface area contributed by atoms with E-state index in [9.17, 15) is 14.7 Å². The summed E-state index contributed by atoms with van der Waals surface area (Å²) in [5, 5.41) is 12.4. The molecule has 1 atom stereocenters. The molecule has 4 heterocycles. The Labute approximate surface area is 221 Å². The van der Waals surface area contributed by atoms with Crippen molar-refractivity contribution in [1.82, 2.24) is 9.97 Å². The summed E-state index contributed by atoms with van der Waals surface area (Å²) in [5.41, 5.74) is 3.27. The zero-order valence-corrected chi connectivity index (χ0v) is 21.5. The van der Waals surface area contributed by atoms with E-state index in [1.165, 1.54) is 16.2 Å². The quantitative estimate of drug-likeness (QED) is 0.222. The van der Waals surface area contributed by atoms with Crippen molar-refractivity contribution in [2.75, 3.05) is 30.0 Å². The molecule has 1 N–H and O–H groups in total.